The fourth-order valence-corrected chi connectivity index (χ4v) is 2.70. The molecule has 0 aromatic heterocycles. The number of carbonyl (C=O) groups is 1. The molecule has 0 spiro atoms. The molecule has 0 radical (unpaired) electrons. The summed E-state index contributed by atoms with van der Waals surface area (Å²) in [6.07, 6.45) is 2.16. The molecule has 0 bridgehead atoms. The number of aryl methyl sites for hydroxylation is 1. The van der Waals surface area contributed by atoms with Crippen LogP contribution in [-0.4, -0.2) is 6.29 Å². The molecule has 0 saturated heterocycles. The summed E-state index contributed by atoms with van der Waals surface area (Å²) >= 11 is 0. The van der Waals surface area contributed by atoms with Crippen molar-refractivity contribution in [3.05, 3.63) is 107 Å². The van der Waals surface area contributed by atoms with Gasteiger partial charge in [-0.15, -0.1) is 0 Å². The lowest BCUT2D eigenvalue weighted by Gasteiger charge is -2.25. The quantitative estimate of drug-likeness (QED) is 0.327. The Labute approximate surface area is 153 Å². The lowest BCUT2D eigenvalue weighted by atomic mass is 10.1. The van der Waals surface area contributed by atoms with Crippen LogP contribution in [0.4, 0.5) is 17.1 Å². The highest BCUT2D eigenvalue weighted by molar-refractivity contribution is 5.84. The molecule has 3 rings (SSSR count). The molecule has 0 N–H and O–H groups in total. The molecule has 0 atom stereocenters. The van der Waals surface area contributed by atoms with Gasteiger partial charge >= 0.3 is 0 Å². The molecule has 3 nitrogen and oxygen atoms in total. The third-order valence-electron chi connectivity index (χ3n) is 4.02. The van der Waals surface area contributed by atoms with Gasteiger partial charge in [-0.25, -0.2) is 4.85 Å². The average Bonchev–Trinajstić information content (AvgIpc) is 2.70. The smallest absolute Gasteiger partial charge is 0.226 e. The van der Waals surface area contributed by atoms with Crippen LogP contribution < -0.4 is 4.90 Å². The van der Waals surface area contributed by atoms with Crippen LogP contribution in [0.3, 0.4) is 0 Å². The van der Waals surface area contributed by atoms with Gasteiger partial charge in [-0.3, -0.25) is 0 Å². The van der Waals surface area contributed by atoms with E-state index in [1.165, 1.54) is 5.56 Å². The van der Waals surface area contributed by atoms with Crippen LogP contribution in [0.5, 0.6) is 0 Å². The highest BCUT2D eigenvalue weighted by Gasteiger charge is 2.11. The second-order valence-corrected chi connectivity index (χ2v) is 5.90. The molecule has 0 aliphatic heterocycles. The average molecular weight is 338 g/mol. The van der Waals surface area contributed by atoms with Gasteiger partial charge in [-0.05, 0) is 55.0 Å². The Bertz CT molecular complexity index is 950. The maximum atomic E-state index is 10.8. The number of anilines is 3. The summed E-state index contributed by atoms with van der Waals surface area (Å²) in [5.74, 6) is 0. The van der Waals surface area contributed by atoms with E-state index >= 15 is 0 Å². The van der Waals surface area contributed by atoms with Crippen LogP contribution in [0.2, 0.25) is 0 Å². The molecule has 3 heteroatoms. The Kier molecular flexibility index (Phi) is 5.26. The van der Waals surface area contributed by atoms with Crippen LogP contribution in [-0.2, 0) is 4.79 Å². The summed E-state index contributed by atoms with van der Waals surface area (Å²) in [7, 11) is 0. The molecule has 0 aliphatic rings. The Morgan fingerprint density at radius 3 is 1.92 bits per heavy atom. The zero-order valence-corrected chi connectivity index (χ0v) is 14.5. The van der Waals surface area contributed by atoms with Gasteiger partial charge in [-0.2, -0.15) is 0 Å². The van der Waals surface area contributed by atoms with E-state index in [0.29, 0.717) is 6.29 Å². The Hall–Kier alpha value is -3.64. The van der Waals surface area contributed by atoms with Crippen LogP contribution in [0.1, 0.15) is 11.1 Å². The van der Waals surface area contributed by atoms with E-state index in [1.54, 1.807) is 6.08 Å². The third-order valence-corrected chi connectivity index (χ3v) is 4.02. The van der Waals surface area contributed by atoms with Gasteiger partial charge in [0.2, 0.25) is 5.70 Å². The zero-order chi connectivity index (χ0) is 18.4. The normalized spacial score (nSPS) is 10.8. The summed E-state index contributed by atoms with van der Waals surface area (Å²) in [4.78, 5) is 16.2. The number of benzene rings is 3. The molecule has 3 aromatic rings. The van der Waals surface area contributed by atoms with E-state index in [0.717, 1.165) is 22.6 Å². The lowest BCUT2D eigenvalue weighted by molar-refractivity contribution is -0.104. The SMILES string of the molecule is [C-]#[N+]/C(C=O)=C\c1ccc(N(c2ccccc2)c2ccc(C)cc2)cc1. The van der Waals surface area contributed by atoms with Crippen molar-refractivity contribution in [3.63, 3.8) is 0 Å². The topological polar surface area (TPSA) is 24.7 Å². The number of allylic oxidation sites excluding steroid dienone is 1. The Morgan fingerprint density at radius 1 is 0.846 bits per heavy atom. The fraction of sp³-hybridized carbons (Fsp3) is 0.0435. The zero-order valence-electron chi connectivity index (χ0n) is 14.5. The maximum absolute atomic E-state index is 10.8. The van der Waals surface area contributed by atoms with Gasteiger partial charge in [-0.1, -0.05) is 48.0 Å². The molecule has 0 saturated carbocycles. The van der Waals surface area contributed by atoms with Crippen LogP contribution >= 0.6 is 0 Å². The minimum Gasteiger partial charge on any atom is -0.312 e. The monoisotopic (exact) mass is 338 g/mol. The van der Waals surface area contributed by atoms with Crippen LogP contribution in [0.15, 0.2) is 84.6 Å². The second-order valence-electron chi connectivity index (χ2n) is 5.90. The highest BCUT2D eigenvalue weighted by Crippen LogP contribution is 2.34. The minimum atomic E-state index is 0.0937. The lowest BCUT2D eigenvalue weighted by Crippen LogP contribution is -2.09. The largest absolute Gasteiger partial charge is 0.312 e. The molecule has 0 amide bonds. The molecular formula is C23H18N2O. The van der Waals surface area contributed by atoms with E-state index < -0.39 is 0 Å². The van der Waals surface area contributed by atoms with Gasteiger partial charge in [0.15, 0.2) is 0 Å². The Balaban J connectivity index is 2.03. The van der Waals surface area contributed by atoms with Crippen LogP contribution in [0, 0.1) is 13.5 Å². The first kappa shape index (κ1) is 17.2. The number of carbonyl (C=O) groups excluding carboxylic acids is 1. The van der Waals surface area contributed by atoms with E-state index in [2.05, 4.69) is 53.1 Å². The summed E-state index contributed by atoms with van der Waals surface area (Å²) in [5, 5.41) is 0. The third kappa shape index (κ3) is 3.88. The van der Waals surface area contributed by atoms with Gasteiger partial charge in [0.1, 0.15) is 6.29 Å². The Morgan fingerprint density at radius 2 is 1.38 bits per heavy atom. The van der Waals surface area contributed by atoms with E-state index in [9.17, 15) is 4.79 Å². The first-order valence-corrected chi connectivity index (χ1v) is 8.27. The first-order valence-electron chi connectivity index (χ1n) is 8.27. The number of aldehydes is 1. The molecule has 0 heterocycles. The summed E-state index contributed by atoms with van der Waals surface area (Å²) in [6.45, 7) is 9.05. The standard InChI is InChI=1S/C23H18N2O/c1-18-8-12-22(13-9-18)25(21-6-4-3-5-7-21)23-14-10-19(11-15-23)16-20(17-26)24-2/h3-17H,1H3/b20-16-. The van der Waals surface area contributed by atoms with Crippen LogP contribution in [0.25, 0.3) is 10.9 Å². The van der Waals surface area contributed by atoms with Gasteiger partial charge in [0.05, 0.1) is 6.57 Å². The summed E-state index contributed by atoms with van der Waals surface area (Å²) < 4.78 is 0. The first-order chi connectivity index (χ1) is 12.7. The predicted molar refractivity (Wildman–Crippen MR) is 107 cm³/mol. The molecule has 126 valence electrons. The van der Waals surface area contributed by atoms with E-state index in [-0.39, 0.29) is 5.70 Å². The van der Waals surface area contributed by atoms with Gasteiger partial charge in [0.25, 0.3) is 0 Å². The van der Waals surface area contributed by atoms with Crippen molar-refractivity contribution in [1.29, 1.82) is 0 Å². The fourth-order valence-electron chi connectivity index (χ4n) is 2.70. The highest BCUT2D eigenvalue weighted by atomic mass is 16.1. The molecular weight excluding hydrogens is 320 g/mol. The van der Waals surface area contributed by atoms with Crippen molar-refractivity contribution in [1.82, 2.24) is 0 Å². The number of nitrogens with zero attached hydrogens (tertiary/aromatic N) is 2. The van der Waals surface area contributed by atoms with Crippen molar-refractivity contribution in [2.24, 2.45) is 0 Å². The molecule has 0 fully saturated rings. The number of hydrogen-bond donors (Lipinski definition) is 0. The number of rotatable bonds is 5. The van der Waals surface area contributed by atoms with E-state index in [1.807, 2.05) is 42.5 Å². The van der Waals surface area contributed by atoms with Gasteiger partial charge < -0.3 is 9.69 Å². The second kappa shape index (κ2) is 7.96. The molecule has 3 aromatic carbocycles. The van der Waals surface area contributed by atoms with Crippen molar-refractivity contribution in [2.45, 2.75) is 6.92 Å². The van der Waals surface area contributed by atoms with Crippen molar-refractivity contribution >= 4 is 29.4 Å². The van der Waals surface area contributed by atoms with Crippen molar-refractivity contribution < 1.29 is 4.79 Å². The summed E-state index contributed by atoms with van der Waals surface area (Å²) in [6, 6.07) is 26.3. The number of hydrogen-bond acceptors (Lipinski definition) is 2. The predicted octanol–water partition coefficient (Wildman–Crippen LogP) is 5.92. The summed E-state index contributed by atoms with van der Waals surface area (Å²) in [5.41, 5.74) is 5.27. The maximum Gasteiger partial charge on any atom is 0.226 e. The van der Waals surface area contributed by atoms with E-state index in [4.69, 9.17) is 6.57 Å². The molecule has 26 heavy (non-hydrogen) atoms. The minimum absolute atomic E-state index is 0.0937. The van der Waals surface area contributed by atoms with Crippen molar-refractivity contribution in [3.8, 4) is 0 Å². The molecule has 0 aliphatic carbocycles. The van der Waals surface area contributed by atoms with Crippen molar-refractivity contribution in [2.75, 3.05) is 4.90 Å². The molecule has 0 unspecified atom stereocenters. The number of para-hydroxylation sites is 1. The van der Waals surface area contributed by atoms with Gasteiger partial charge in [0, 0.05) is 17.1 Å².